The van der Waals surface area contributed by atoms with Gasteiger partial charge in [-0.2, -0.15) is 0 Å². The lowest BCUT2D eigenvalue weighted by Gasteiger charge is -2.41. The fraction of sp³-hybridized carbons (Fsp3) is 0.283. The van der Waals surface area contributed by atoms with E-state index in [9.17, 15) is 19.2 Å². The summed E-state index contributed by atoms with van der Waals surface area (Å²) in [5.41, 5.74) is 1.92. The monoisotopic (exact) mass is 772 g/mol. The number of ether oxygens (including phenoxy) is 2. The molecule has 0 saturated carbocycles. The summed E-state index contributed by atoms with van der Waals surface area (Å²) in [4.78, 5) is 53.5. The van der Waals surface area contributed by atoms with Crippen molar-refractivity contribution in [2.75, 3.05) is 44.4 Å². The Balaban J connectivity index is 1.16. The van der Waals surface area contributed by atoms with Gasteiger partial charge in [-0.15, -0.1) is 0 Å². The molecule has 0 aliphatic carbocycles. The van der Waals surface area contributed by atoms with Crippen molar-refractivity contribution in [3.63, 3.8) is 0 Å². The van der Waals surface area contributed by atoms with Crippen LogP contribution in [0.4, 0.5) is 5.69 Å². The molecule has 2 N–H and O–H groups in total. The maximum atomic E-state index is 13.4. The summed E-state index contributed by atoms with van der Waals surface area (Å²) in [7, 11) is -3.21. The second-order valence-corrected chi connectivity index (χ2v) is 18.0. The minimum atomic E-state index is -3.21. The largest absolute Gasteiger partial charge is 0.460 e. The molecular weight excluding hydrogens is 721 g/mol. The number of esters is 1. The van der Waals surface area contributed by atoms with E-state index in [4.69, 9.17) is 13.9 Å². The molecule has 0 bridgehead atoms. The third-order valence-corrected chi connectivity index (χ3v) is 14.6. The van der Waals surface area contributed by atoms with E-state index in [2.05, 4.69) is 37.9 Å². The molecule has 4 aromatic carbocycles. The number of hydrogen-bond donors (Lipinski definition) is 2. The summed E-state index contributed by atoms with van der Waals surface area (Å²) in [5.74, 6) is -1.04. The Hall–Kier alpha value is -5.55. The molecule has 0 spiro atoms. The lowest BCUT2D eigenvalue weighted by atomic mass is 10.0. The van der Waals surface area contributed by atoms with E-state index >= 15 is 0 Å². The van der Waals surface area contributed by atoms with Crippen LogP contribution in [0.15, 0.2) is 142 Å². The number of carbonyl (C=O) groups is 2. The molecule has 0 unspecified atom stereocenters. The number of amides is 1. The Morgan fingerprint density at radius 3 is 2.09 bits per heavy atom. The van der Waals surface area contributed by atoms with Crippen molar-refractivity contribution in [3.8, 4) is 0 Å². The van der Waals surface area contributed by atoms with Crippen LogP contribution in [0.2, 0.25) is 5.04 Å². The molecule has 1 amide bonds. The molecule has 0 atom stereocenters. The van der Waals surface area contributed by atoms with Gasteiger partial charge >= 0.3 is 11.6 Å². The second kappa shape index (κ2) is 19.9. The minimum absolute atomic E-state index is 0.00715. The minimum Gasteiger partial charge on any atom is -0.460 e. The number of nitrogens with one attached hydrogen (secondary N) is 1. The number of hydrogen-bond acceptors (Lipinski definition) is 8. The normalized spacial score (nSPS) is 12.2. The predicted octanol–water partition coefficient (Wildman–Crippen LogP) is 6.88. The van der Waals surface area contributed by atoms with Gasteiger partial charge in [-0.05, 0) is 71.9 Å². The molecule has 0 fully saturated rings. The van der Waals surface area contributed by atoms with E-state index in [1.54, 1.807) is 6.08 Å². The van der Waals surface area contributed by atoms with Crippen LogP contribution in [0.3, 0.4) is 0 Å². The van der Waals surface area contributed by atoms with Gasteiger partial charge in [-0.1, -0.05) is 117 Å². The van der Waals surface area contributed by atoms with Crippen molar-refractivity contribution in [2.45, 2.75) is 45.6 Å². The SMILES string of the molecule is CCN(CC)c1ccc2cc(C(=O)NCCOCCOC(=O)C(/C=C/c3ccccc3)=C/CCC(C)(C)[Si](O)(c3ccccc3)c3ccccc3)c(=O)oc2c1. The Morgan fingerprint density at radius 1 is 0.839 bits per heavy atom. The molecule has 56 heavy (non-hydrogen) atoms. The average molecular weight is 773 g/mol. The van der Waals surface area contributed by atoms with Crippen LogP contribution < -0.4 is 26.2 Å². The van der Waals surface area contributed by atoms with E-state index in [0.717, 1.165) is 34.7 Å². The first kappa shape index (κ1) is 41.6. The molecule has 1 aromatic heterocycles. The van der Waals surface area contributed by atoms with Gasteiger partial charge in [0.1, 0.15) is 17.8 Å². The van der Waals surface area contributed by atoms with Gasteiger partial charge < -0.3 is 28.9 Å². The van der Waals surface area contributed by atoms with E-state index in [0.29, 0.717) is 29.4 Å². The average Bonchev–Trinajstić information content (AvgIpc) is 3.22. The molecule has 0 radical (unpaired) electrons. The van der Waals surface area contributed by atoms with Crippen molar-refractivity contribution < 1.29 is 28.3 Å². The van der Waals surface area contributed by atoms with Gasteiger partial charge in [0, 0.05) is 36.8 Å². The Morgan fingerprint density at radius 2 is 1.46 bits per heavy atom. The first-order valence-electron chi connectivity index (χ1n) is 19.2. The number of fused-ring (bicyclic) bond motifs is 1. The van der Waals surface area contributed by atoms with E-state index < -0.39 is 30.9 Å². The fourth-order valence-electron chi connectivity index (χ4n) is 6.80. The van der Waals surface area contributed by atoms with E-state index in [-0.39, 0.29) is 31.9 Å². The van der Waals surface area contributed by atoms with Crippen LogP contribution in [0.1, 0.15) is 56.5 Å². The number of benzene rings is 4. The van der Waals surface area contributed by atoms with Gasteiger partial charge in [-0.3, -0.25) is 4.79 Å². The molecule has 0 aliphatic rings. The second-order valence-electron chi connectivity index (χ2n) is 14.1. The molecule has 292 valence electrons. The Labute approximate surface area is 330 Å². The summed E-state index contributed by atoms with van der Waals surface area (Å²) >= 11 is 0. The third-order valence-electron chi connectivity index (χ3n) is 10.1. The Kier molecular flexibility index (Phi) is 14.8. The summed E-state index contributed by atoms with van der Waals surface area (Å²) in [6.45, 7) is 10.4. The number of carbonyl (C=O) groups excluding carboxylic acids is 2. The maximum absolute atomic E-state index is 13.4. The van der Waals surface area contributed by atoms with Crippen molar-refractivity contribution in [1.29, 1.82) is 0 Å². The van der Waals surface area contributed by atoms with Crippen LogP contribution in [0.25, 0.3) is 17.0 Å². The first-order chi connectivity index (χ1) is 27.1. The van der Waals surface area contributed by atoms with Crippen LogP contribution in [0.5, 0.6) is 0 Å². The first-order valence-corrected chi connectivity index (χ1v) is 21.1. The summed E-state index contributed by atoms with van der Waals surface area (Å²) < 4.78 is 16.7. The highest BCUT2D eigenvalue weighted by molar-refractivity contribution is 6.98. The number of allylic oxidation sites excluding steroid dienone is 1. The molecular formula is C46H52N2O7Si. The zero-order valence-electron chi connectivity index (χ0n) is 32.7. The Bertz CT molecular complexity index is 2120. The zero-order valence-corrected chi connectivity index (χ0v) is 33.7. The fourth-order valence-corrected chi connectivity index (χ4v) is 10.6. The molecule has 0 saturated heterocycles. The molecule has 0 aliphatic heterocycles. The molecule has 9 nitrogen and oxygen atoms in total. The lowest BCUT2D eigenvalue weighted by Crippen LogP contribution is -2.65. The zero-order chi connectivity index (χ0) is 40.0. The van der Waals surface area contributed by atoms with Crippen LogP contribution in [-0.2, 0) is 14.3 Å². The number of nitrogens with zero attached hydrogens (tertiary/aromatic N) is 1. The molecule has 1 heterocycles. The van der Waals surface area contributed by atoms with E-state index in [1.807, 2.05) is 121 Å². The van der Waals surface area contributed by atoms with Crippen molar-refractivity contribution >= 4 is 53.3 Å². The van der Waals surface area contributed by atoms with Gasteiger partial charge in [0.15, 0.2) is 0 Å². The van der Waals surface area contributed by atoms with Crippen LogP contribution >= 0.6 is 0 Å². The maximum Gasteiger partial charge on any atom is 0.349 e. The van der Waals surface area contributed by atoms with Gasteiger partial charge in [-0.25, -0.2) is 9.59 Å². The van der Waals surface area contributed by atoms with Crippen molar-refractivity contribution in [3.05, 3.63) is 155 Å². The summed E-state index contributed by atoms with van der Waals surface area (Å²) in [6, 6.07) is 36.6. The van der Waals surface area contributed by atoms with Crippen molar-refractivity contribution in [1.82, 2.24) is 5.32 Å². The highest BCUT2D eigenvalue weighted by Crippen LogP contribution is 2.40. The van der Waals surface area contributed by atoms with Gasteiger partial charge in [0.2, 0.25) is 0 Å². The highest BCUT2D eigenvalue weighted by atomic mass is 28.4. The van der Waals surface area contributed by atoms with Gasteiger partial charge in [0.25, 0.3) is 14.2 Å². The number of rotatable bonds is 19. The smallest absolute Gasteiger partial charge is 0.349 e. The molecule has 5 aromatic rings. The van der Waals surface area contributed by atoms with Crippen LogP contribution in [0, 0.1) is 0 Å². The summed E-state index contributed by atoms with van der Waals surface area (Å²) in [5, 5.41) is 4.74. The quantitative estimate of drug-likeness (QED) is 0.0233. The molecule has 10 heteroatoms. The lowest BCUT2D eigenvalue weighted by molar-refractivity contribution is -0.140. The summed E-state index contributed by atoms with van der Waals surface area (Å²) in [6.07, 6.45) is 6.66. The topological polar surface area (TPSA) is 118 Å². The standard InChI is InChI=1S/C46H52N2O7Si/c1-5-48(6-2)38-27-26-37-33-41(45(51)55-42(37)34-38)43(49)47-29-30-53-31-32-54-44(50)36(25-24-35-17-10-7-11-18-35)19-16-28-46(3,4)56(52,39-20-12-8-13-21-39)40-22-14-9-15-23-40/h7-15,17-27,33-34,52H,5-6,16,28-32H2,1-4H3,(H,47,49)/b25-24+,36-19+. The van der Waals surface area contributed by atoms with Crippen LogP contribution in [-0.4, -0.2) is 64.4 Å². The van der Waals surface area contributed by atoms with E-state index in [1.165, 1.54) is 6.07 Å². The molecule has 5 rings (SSSR count). The van der Waals surface area contributed by atoms with Gasteiger partial charge in [0.05, 0.1) is 18.8 Å². The predicted molar refractivity (Wildman–Crippen MR) is 227 cm³/mol. The van der Waals surface area contributed by atoms with Crippen molar-refractivity contribution in [2.24, 2.45) is 0 Å². The highest BCUT2D eigenvalue weighted by Gasteiger charge is 2.49. The third kappa shape index (κ3) is 10.4. The number of anilines is 1.